The van der Waals surface area contributed by atoms with Gasteiger partial charge in [0, 0.05) is 31.1 Å². The smallest absolute Gasteiger partial charge is 0.226 e. The highest BCUT2D eigenvalue weighted by Crippen LogP contribution is 2.54. The molecule has 1 unspecified atom stereocenters. The Hall–Kier alpha value is -1.75. The van der Waals surface area contributed by atoms with E-state index in [-0.39, 0.29) is 12.0 Å². The number of likely N-dealkylation sites (tertiary alicyclic amines) is 2. The number of piperidine rings is 1. The normalized spacial score (nSPS) is 31.7. The summed E-state index contributed by atoms with van der Waals surface area (Å²) >= 11 is 12.0. The first kappa shape index (κ1) is 21.8. The molecule has 4 fully saturated rings. The Morgan fingerprint density at radius 1 is 0.848 bits per heavy atom. The number of hydrogen-bond acceptors (Lipinski definition) is 3. The summed E-state index contributed by atoms with van der Waals surface area (Å²) in [5.74, 6) is 3.15. The van der Waals surface area contributed by atoms with Crippen LogP contribution < -0.4 is 4.74 Å². The van der Waals surface area contributed by atoms with Gasteiger partial charge >= 0.3 is 0 Å². The fourth-order valence-electron chi connectivity index (χ4n) is 6.37. The molecular weight excluding hydrogens is 455 g/mol. The summed E-state index contributed by atoms with van der Waals surface area (Å²) in [6.45, 7) is 3.56. The number of halogens is 2. The molecule has 174 valence electrons. The molecule has 2 aliphatic carbocycles. The van der Waals surface area contributed by atoms with Crippen molar-refractivity contribution >= 4 is 29.1 Å². The predicted molar refractivity (Wildman–Crippen MR) is 131 cm³/mol. The van der Waals surface area contributed by atoms with Gasteiger partial charge < -0.3 is 9.64 Å². The first-order valence-electron chi connectivity index (χ1n) is 12.3. The molecule has 2 aromatic rings. The van der Waals surface area contributed by atoms with Crippen LogP contribution in [-0.2, 0) is 4.79 Å². The number of ether oxygens (including phenoxy) is 1. The molecule has 6 heteroatoms. The molecule has 4 aliphatic rings. The lowest BCUT2D eigenvalue weighted by molar-refractivity contribution is -0.142. The number of carbonyl (C=O) groups is 1. The molecule has 2 saturated heterocycles. The first-order chi connectivity index (χ1) is 16.1. The minimum atomic E-state index is 0.0427. The van der Waals surface area contributed by atoms with Crippen molar-refractivity contribution in [2.24, 2.45) is 17.8 Å². The van der Waals surface area contributed by atoms with Crippen LogP contribution >= 0.6 is 23.2 Å². The monoisotopic (exact) mass is 484 g/mol. The molecule has 3 atom stereocenters. The second-order valence-electron chi connectivity index (χ2n) is 10.3. The van der Waals surface area contributed by atoms with E-state index in [4.69, 9.17) is 27.9 Å². The summed E-state index contributed by atoms with van der Waals surface area (Å²) in [7, 11) is 0. The van der Waals surface area contributed by atoms with E-state index >= 15 is 0 Å². The van der Waals surface area contributed by atoms with Crippen LogP contribution in [0, 0.1) is 17.8 Å². The van der Waals surface area contributed by atoms with E-state index < -0.39 is 0 Å². The molecule has 0 N–H and O–H groups in total. The quantitative estimate of drug-likeness (QED) is 0.562. The zero-order valence-corrected chi connectivity index (χ0v) is 20.2. The number of rotatable bonds is 5. The third-order valence-corrected chi connectivity index (χ3v) is 9.08. The van der Waals surface area contributed by atoms with E-state index in [1.807, 2.05) is 11.0 Å². The average molecular weight is 485 g/mol. The van der Waals surface area contributed by atoms with Gasteiger partial charge in [0.15, 0.2) is 0 Å². The molecule has 0 spiro atoms. The molecule has 2 saturated carbocycles. The molecule has 0 radical (unpaired) electrons. The highest BCUT2D eigenvalue weighted by molar-refractivity contribution is 6.42. The fraction of sp³-hybridized carbons (Fsp3) is 0.519. The van der Waals surface area contributed by atoms with Crippen molar-refractivity contribution in [3.8, 4) is 5.75 Å². The van der Waals surface area contributed by atoms with Gasteiger partial charge in [-0.15, -0.1) is 0 Å². The van der Waals surface area contributed by atoms with Crippen LogP contribution in [-0.4, -0.2) is 54.0 Å². The maximum Gasteiger partial charge on any atom is 0.226 e. The number of nitrogens with zero attached hydrogens (tertiary/aromatic N) is 2. The molecule has 0 aromatic heterocycles. The lowest BCUT2D eigenvalue weighted by atomic mass is 9.81. The van der Waals surface area contributed by atoms with Gasteiger partial charge in [-0.3, -0.25) is 9.69 Å². The van der Waals surface area contributed by atoms with Crippen molar-refractivity contribution in [3.63, 3.8) is 0 Å². The van der Waals surface area contributed by atoms with Gasteiger partial charge in [0.05, 0.1) is 23.1 Å². The molecule has 1 amide bonds. The topological polar surface area (TPSA) is 32.8 Å². The van der Waals surface area contributed by atoms with Crippen molar-refractivity contribution in [2.45, 2.75) is 43.7 Å². The highest BCUT2D eigenvalue weighted by atomic mass is 35.5. The maximum atomic E-state index is 13.0. The van der Waals surface area contributed by atoms with E-state index in [1.54, 1.807) is 12.1 Å². The summed E-state index contributed by atoms with van der Waals surface area (Å²) in [6.07, 6.45) is 5.20. The van der Waals surface area contributed by atoms with Crippen LogP contribution in [0.2, 0.25) is 10.0 Å². The second-order valence-corrected chi connectivity index (χ2v) is 11.1. The summed E-state index contributed by atoms with van der Waals surface area (Å²) in [6, 6.07) is 17.0. The van der Waals surface area contributed by atoms with Gasteiger partial charge in [0.1, 0.15) is 11.9 Å². The zero-order chi connectivity index (χ0) is 22.5. The third kappa shape index (κ3) is 4.26. The van der Waals surface area contributed by atoms with Gasteiger partial charge in [-0.25, -0.2) is 0 Å². The van der Waals surface area contributed by atoms with Crippen molar-refractivity contribution < 1.29 is 9.53 Å². The molecule has 0 bridgehead atoms. The molecule has 2 aromatic carbocycles. The molecule has 2 heterocycles. The van der Waals surface area contributed by atoms with Crippen LogP contribution in [0.3, 0.4) is 0 Å². The summed E-state index contributed by atoms with van der Waals surface area (Å²) in [4.78, 5) is 17.7. The van der Waals surface area contributed by atoms with Crippen LogP contribution in [0.15, 0.2) is 48.5 Å². The van der Waals surface area contributed by atoms with E-state index in [1.165, 1.54) is 31.2 Å². The van der Waals surface area contributed by atoms with Gasteiger partial charge in [0.2, 0.25) is 5.91 Å². The second kappa shape index (κ2) is 8.79. The Labute approximate surface area is 205 Å². The fourth-order valence-corrected chi connectivity index (χ4v) is 6.66. The lowest BCUT2D eigenvalue weighted by Crippen LogP contribution is -2.57. The third-order valence-electron chi connectivity index (χ3n) is 8.35. The Balaban J connectivity index is 0.942. The molecule has 6 rings (SSSR count). The predicted octanol–water partition coefficient (Wildman–Crippen LogP) is 5.49. The zero-order valence-electron chi connectivity index (χ0n) is 18.7. The van der Waals surface area contributed by atoms with Crippen molar-refractivity contribution in [1.82, 2.24) is 9.80 Å². The number of amides is 1. The van der Waals surface area contributed by atoms with Crippen LogP contribution in [0.1, 0.15) is 37.2 Å². The highest BCUT2D eigenvalue weighted by Gasteiger charge is 2.61. The Morgan fingerprint density at radius 2 is 1.55 bits per heavy atom. The van der Waals surface area contributed by atoms with Crippen LogP contribution in [0.25, 0.3) is 0 Å². The van der Waals surface area contributed by atoms with Crippen molar-refractivity contribution in [2.75, 3.05) is 26.2 Å². The Morgan fingerprint density at radius 3 is 2.21 bits per heavy atom. The van der Waals surface area contributed by atoms with E-state index in [0.717, 1.165) is 19.0 Å². The number of benzene rings is 2. The Kier molecular flexibility index (Phi) is 5.80. The number of fused-ring (bicyclic) bond motifs is 1. The SMILES string of the molecule is O=C(C1[C@H]2CN(C3CCC(c4ccccc4)CC3)C[C@@H]12)N1CC(Oc2ccc(Cl)c(Cl)c2)C1. The van der Waals surface area contributed by atoms with Crippen molar-refractivity contribution in [1.29, 1.82) is 0 Å². The van der Waals surface area contributed by atoms with E-state index in [2.05, 4.69) is 35.2 Å². The number of carbonyl (C=O) groups excluding carboxylic acids is 1. The molecule has 4 nitrogen and oxygen atoms in total. The largest absolute Gasteiger partial charge is 0.487 e. The van der Waals surface area contributed by atoms with Crippen molar-refractivity contribution in [3.05, 3.63) is 64.1 Å². The lowest BCUT2D eigenvalue weighted by Gasteiger charge is -2.40. The van der Waals surface area contributed by atoms with Gasteiger partial charge in [0.25, 0.3) is 0 Å². The summed E-state index contributed by atoms with van der Waals surface area (Å²) < 4.78 is 5.95. The molecular formula is C27H30Cl2N2O2. The Bertz CT molecular complexity index is 1010. The summed E-state index contributed by atoms with van der Waals surface area (Å²) in [5, 5.41) is 1.01. The minimum absolute atomic E-state index is 0.0427. The standard InChI is InChI=1S/C27H30Cl2N2O2/c28-24-11-10-20(12-25(24)29)33-21-13-31(14-21)27(32)26-22-15-30(16-23(22)26)19-8-6-18(7-9-19)17-4-2-1-3-5-17/h1-5,10-12,18-19,21-23,26H,6-9,13-16H2/t18?,19?,22-,23+,26?. The minimum Gasteiger partial charge on any atom is -0.487 e. The molecule has 2 aliphatic heterocycles. The van der Waals surface area contributed by atoms with Gasteiger partial charge in [-0.2, -0.15) is 0 Å². The first-order valence-corrected chi connectivity index (χ1v) is 13.0. The van der Waals surface area contributed by atoms with E-state index in [0.29, 0.717) is 52.7 Å². The van der Waals surface area contributed by atoms with Gasteiger partial charge in [-0.05, 0) is 61.1 Å². The van der Waals surface area contributed by atoms with Crippen LogP contribution in [0.4, 0.5) is 0 Å². The summed E-state index contributed by atoms with van der Waals surface area (Å²) in [5.41, 5.74) is 1.50. The van der Waals surface area contributed by atoms with Gasteiger partial charge in [-0.1, -0.05) is 53.5 Å². The number of hydrogen-bond donors (Lipinski definition) is 0. The molecule has 33 heavy (non-hydrogen) atoms. The van der Waals surface area contributed by atoms with Crippen LogP contribution in [0.5, 0.6) is 5.75 Å². The average Bonchev–Trinajstić information content (AvgIpc) is 3.31. The van der Waals surface area contributed by atoms with E-state index in [9.17, 15) is 4.79 Å². The maximum absolute atomic E-state index is 13.0.